The van der Waals surface area contributed by atoms with E-state index in [1.165, 1.54) is 7.11 Å². The second kappa shape index (κ2) is 6.50. The summed E-state index contributed by atoms with van der Waals surface area (Å²) >= 11 is 3.15. The van der Waals surface area contributed by atoms with Gasteiger partial charge in [-0.3, -0.25) is 4.79 Å². The molecule has 1 atom stereocenters. The molecule has 88 valence electrons. The molecule has 0 aromatic heterocycles. The maximum atomic E-state index is 11.1. The molecular weight excluding hydrogens is 276 g/mol. The molecule has 16 heavy (non-hydrogen) atoms. The number of carbonyl (C=O) groups is 1. The van der Waals surface area contributed by atoms with Crippen molar-refractivity contribution in [3.8, 4) is 5.75 Å². The van der Waals surface area contributed by atoms with E-state index in [-0.39, 0.29) is 19.2 Å². The Morgan fingerprint density at radius 3 is 2.94 bits per heavy atom. The van der Waals surface area contributed by atoms with Crippen molar-refractivity contribution < 1.29 is 19.4 Å². The molecule has 0 bridgehead atoms. The number of ether oxygens (including phenoxy) is 2. The van der Waals surface area contributed by atoms with E-state index in [1.54, 1.807) is 24.3 Å². The molecule has 1 unspecified atom stereocenters. The van der Waals surface area contributed by atoms with Crippen molar-refractivity contribution in [3.63, 3.8) is 0 Å². The molecule has 0 radical (unpaired) electrons. The zero-order valence-corrected chi connectivity index (χ0v) is 10.4. The van der Waals surface area contributed by atoms with Gasteiger partial charge in [-0.15, -0.1) is 0 Å². The summed E-state index contributed by atoms with van der Waals surface area (Å²) in [5, 5.41) is 8.93. The van der Waals surface area contributed by atoms with Gasteiger partial charge in [0.2, 0.25) is 0 Å². The number of hydrogen-bond acceptors (Lipinski definition) is 4. The third-order valence-electron chi connectivity index (χ3n) is 1.93. The fourth-order valence-corrected chi connectivity index (χ4v) is 1.42. The second-order valence-corrected chi connectivity index (χ2v) is 4.21. The SMILES string of the molecule is COC(=O)C(Br)COc1cccc(CO)c1. The molecular formula is C11H13BrO4. The summed E-state index contributed by atoms with van der Waals surface area (Å²) in [6.45, 7) is 0.146. The number of alkyl halides is 1. The lowest BCUT2D eigenvalue weighted by atomic mass is 10.2. The number of halogens is 1. The number of methoxy groups -OCH3 is 1. The maximum absolute atomic E-state index is 11.1. The number of aliphatic hydroxyl groups is 1. The van der Waals surface area contributed by atoms with Gasteiger partial charge in [-0.25, -0.2) is 0 Å². The van der Waals surface area contributed by atoms with Crippen LogP contribution in [0.25, 0.3) is 0 Å². The van der Waals surface area contributed by atoms with E-state index < -0.39 is 4.83 Å². The first kappa shape index (κ1) is 13.0. The van der Waals surface area contributed by atoms with Gasteiger partial charge < -0.3 is 14.6 Å². The largest absolute Gasteiger partial charge is 0.492 e. The number of esters is 1. The highest BCUT2D eigenvalue weighted by atomic mass is 79.9. The summed E-state index contributed by atoms with van der Waals surface area (Å²) < 4.78 is 9.91. The molecule has 0 aliphatic carbocycles. The Kier molecular flexibility index (Phi) is 5.28. The van der Waals surface area contributed by atoms with E-state index >= 15 is 0 Å². The van der Waals surface area contributed by atoms with E-state index in [2.05, 4.69) is 20.7 Å². The van der Waals surface area contributed by atoms with Gasteiger partial charge in [0, 0.05) is 0 Å². The van der Waals surface area contributed by atoms with Crippen LogP contribution < -0.4 is 4.74 Å². The van der Waals surface area contributed by atoms with Crippen molar-refractivity contribution in [1.82, 2.24) is 0 Å². The zero-order chi connectivity index (χ0) is 12.0. The van der Waals surface area contributed by atoms with E-state index in [0.29, 0.717) is 5.75 Å². The number of carbonyl (C=O) groups excluding carboxylic acids is 1. The van der Waals surface area contributed by atoms with Crippen molar-refractivity contribution >= 4 is 21.9 Å². The minimum atomic E-state index is -0.490. The minimum absolute atomic E-state index is 0.0358. The third kappa shape index (κ3) is 3.83. The molecule has 5 heteroatoms. The smallest absolute Gasteiger partial charge is 0.322 e. The van der Waals surface area contributed by atoms with Crippen molar-refractivity contribution in [2.24, 2.45) is 0 Å². The standard InChI is InChI=1S/C11H13BrO4/c1-15-11(14)10(12)7-16-9-4-2-3-8(5-9)6-13/h2-5,10,13H,6-7H2,1H3. The highest BCUT2D eigenvalue weighted by Crippen LogP contribution is 2.14. The predicted octanol–water partition coefficient (Wildman–Crippen LogP) is 1.49. The molecule has 0 saturated heterocycles. The summed E-state index contributed by atoms with van der Waals surface area (Å²) in [4.78, 5) is 10.6. The lowest BCUT2D eigenvalue weighted by Gasteiger charge is -2.10. The van der Waals surface area contributed by atoms with Crippen LogP contribution in [0.4, 0.5) is 0 Å². The van der Waals surface area contributed by atoms with Crippen LogP contribution >= 0.6 is 15.9 Å². The first-order valence-electron chi connectivity index (χ1n) is 4.72. The van der Waals surface area contributed by atoms with Gasteiger partial charge in [-0.1, -0.05) is 28.1 Å². The molecule has 0 aliphatic heterocycles. The van der Waals surface area contributed by atoms with E-state index in [9.17, 15) is 4.79 Å². The van der Waals surface area contributed by atoms with Gasteiger partial charge >= 0.3 is 5.97 Å². The fraction of sp³-hybridized carbons (Fsp3) is 0.364. The van der Waals surface area contributed by atoms with Gasteiger partial charge in [0.25, 0.3) is 0 Å². The number of aliphatic hydroxyl groups excluding tert-OH is 1. The number of rotatable bonds is 5. The Morgan fingerprint density at radius 2 is 2.31 bits per heavy atom. The Labute approximate surface area is 102 Å². The quantitative estimate of drug-likeness (QED) is 0.659. The van der Waals surface area contributed by atoms with Gasteiger partial charge in [0.1, 0.15) is 17.2 Å². The molecule has 0 amide bonds. The van der Waals surface area contributed by atoms with Crippen LogP contribution in [0, 0.1) is 0 Å². The molecule has 0 spiro atoms. The average molecular weight is 289 g/mol. The summed E-state index contributed by atoms with van der Waals surface area (Å²) in [7, 11) is 1.32. The van der Waals surface area contributed by atoms with Crippen LogP contribution in [0.3, 0.4) is 0 Å². The van der Waals surface area contributed by atoms with Gasteiger partial charge in [-0.2, -0.15) is 0 Å². The lowest BCUT2D eigenvalue weighted by Crippen LogP contribution is -2.22. The third-order valence-corrected chi connectivity index (χ3v) is 2.57. The molecule has 1 aromatic rings. The van der Waals surface area contributed by atoms with Gasteiger partial charge in [0.15, 0.2) is 0 Å². The monoisotopic (exact) mass is 288 g/mol. The van der Waals surface area contributed by atoms with Crippen LogP contribution in [0.2, 0.25) is 0 Å². The second-order valence-electron chi connectivity index (χ2n) is 3.11. The molecule has 1 aromatic carbocycles. The highest BCUT2D eigenvalue weighted by molar-refractivity contribution is 9.10. The molecule has 1 rings (SSSR count). The van der Waals surface area contributed by atoms with Crippen molar-refractivity contribution in [3.05, 3.63) is 29.8 Å². The summed E-state index contributed by atoms with van der Waals surface area (Å²) in [6, 6.07) is 7.05. The molecule has 0 heterocycles. The normalized spacial score (nSPS) is 11.9. The Hall–Kier alpha value is -1.07. The molecule has 0 aliphatic rings. The number of benzene rings is 1. The van der Waals surface area contributed by atoms with E-state index in [1.807, 2.05) is 0 Å². The lowest BCUT2D eigenvalue weighted by molar-refractivity contribution is -0.140. The van der Waals surface area contributed by atoms with Crippen molar-refractivity contribution in [2.75, 3.05) is 13.7 Å². The van der Waals surface area contributed by atoms with Crippen molar-refractivity contribution in [1.29, 1.82) is 0 Å². The average Bonchev–Trinajstić information content (AvgIpc) is 2.35. The van der Waals surface area contributed by atoms with Crippen LogP contribution in [0.1, 0.15) is 5.56 Å². The summed E-state index contributed by atoms with van der Waals surface area (Å²) in [6.07, 6.45) is 0. The summed E-state index contributed by atoms with van der Waals surface area (Å²) in [5.74, 6) is 0.234. The Morgan fingerprint density at radius 1 is 1.56 bits per heavy atom. The van der Waals surface area contributed by atoms with Gasteiger partial charge in [-0.05, 0) is 17.7 Å². The Bertz CT molecular complexity index is 354. The molecule has 0 saturated carbocycles. The first-order valence-corrected chi connectivity index (χ1v) is 5.63. The van der Waals surface area contributed by atoms with E-state index in [0.717, 1.165) is 5.56 Å². The van der Waals surface area contributed by atoms with Crippen LogP contribution in [-0.2, 0) is 16.1 Å². The fourth-order valence-electron chi connectivity index (χ4n) is 1.10. The topological polar surface area (TPSA) is 55.8 Å². The van der Waals surface area contributed by atoms with Gasteiger partial charge in [0.05, 0.1) is 13.7 Å². The van der Waals surface area contributed by atoms with Crippen LogP contribution in [0.15, 0.2) is 24.3 Å². The number of hydrogen-bond donors (Lipinski definition) is 1. The zero-order valence-electron chi connectivity index (χ0n) is 8.85. The van der Waals surface area contributed by atoms with Crippen LogP contribution in [0.5, 0.6) is 5.75 Å². The van der Waals surface area contributed by atoms with Crippen LogP contribution in [-0.4, -0.2) is 29.6 Å². The molecule has 0 fully saturated rings. The van der Waals surface area contributed by atoms with E-state index in [4.69, 9.17) is 9.84 Å². The minimum Gasteiger partial charge on any atom is -0.492 e. The molecule has 4 nitrogen and oxygen atoms in total. The first-order chi connectivity index (χ1) is 7.67. The Balaban J connectivity index is 2.51. The maximum Gasteiger partial charge on any atom is 0.322 e. The highest BCUT2D eigenvalue weighted by Gasteiger charge is 2.15. The molecule has 1 N–H and O–H groups in total. The van der Waals surface area contributed by atoms with Crippen molar-refractivity contribution in [2.45, 2.75) is 11.4 Å². The summed E-state index contributed by atoms with van der Waals surface area (Å²) in [5.41, 5.74) is 0.765. The predicted molar refractivity (Wildman–Crippen MR) is 62.6 cm³/mol.